The second-order valence-electron chi connectivity index (χ2n) is 10.8. The van der Waals surface area contributed by atoms with Gasteiger partial charge in [0.1, 0.15) is 5.75 Å². The van der Waals surface area contributed by atoms with Gasteiger partial charge in [0, 0.05) is 0 Å². The van der Waals surface area contributed by atoms with Crippen LogP contribution in [0.3, 0.4) is 0 Å². The molecule has 1 N–H and O–H groups in total. The molecule has 34 heavy (non-hydrogen) atoms. The van der Waals surface area contributed by atoms with Crippen LogP contribution in [0.1, 0.15) is 172 Å². The fraction of sp³-hybridized carbons (Fsp3) is 0.818. The van der Waals surface area contributed by atoms with Gasteiger partial charge >= 0.3 is 0 Å². The third-order valence-electron chi connectivity index (χ3n) is 7.61. The van der Waals surface area contributed by atoms with Crippen molar-refractivity contribution in [1.82, 2.24) is 0 Å². The first-order valence-corrected chi connectivity index (χ1v) is 15.6. The molecule has 0 atom stereocenters. The van der Waals surface area contributed by atoms with E-state index in [1.165, 1.54) is 164 Å². The first kappa shape index (κ1) is 31.1. The molecule has 0 bridgehead atoms. The summed E-state index contributed by atoms with van der Waals surface area (Å²) in [6, 6.07) is 4.25. The molecular weight excluding hydrogens is 412 g/mol. The first-order valence-electron chi connectivity index (χ1n) is 15.6. The highest BCUT2D eigenvalue weighted by Gasteiger charge is 2.13. The van der Waals surface area contributed by atoms with Crippen molar-refractivity contribution in [2.75, 3.05) is 0 Å². The van der Waals surface area contributed by atoms with Gasteiger partial charge in [0.05, 0.1) is 0 Å². The maximum absolute atomic E-state index is 10.8. The largest absolute Gasteiger partial charge is 0.508 e. The fourth-order valence-corrected chi connectivity index (χ4v) is 5.34. The van der Waals surface area contributed by atoms with E-state index in [2.05, 4.69) is 26.8 Å². The second-order valence-corrected chi connectivity index (χ2v) is 10.8. The van der Waals surface area contributed by atoms with Gasteiger partial charge in [0.15, 0.2) is 0 Å². The van der Waals surface area contributed by atoms with Gasteiger partial charge in [-0.3, -0.25) is 0 Å². The molecule has 0 amide bonds. The highest BCUT2D eigenvalue weighted by molar-refractivity contribution is 5.45. The van der Waals surface area contributed by atoms with Crippen LogP contribution in [0.5, 0.6) is 5.75 Å². The van der Waals surface area contributed by atoms with E-state index in [4.69, 9.17) is 0 Å². The van der Waals surface area contributed by atoms with Gasteiger partial charge in [-0.2, -0.15) is 0 Å². The number of phenols is 1. The summed E-state index contributed by atoms with van der Waals surface area (Å²) in [6.07, 6.45) is 31.9. The van der Waals surface area contributed by atoms with Gasteiger partial charge < -0.3 is 5.11 Å². The molecule has 0 aliphatic rings. The van der Waals surface area contributed by atoms with Crippen LogP contribution in [0, 0.1) is 0 Å². The Balaban J connectivity index is 2.61. The monoisotopic (exact) mass is 472 g/mol. The van der Waals surface area contributed by atoms with E-state index in [1.807, 2.05) is 6.07 Å². The lowest BCUT2D eigenvalue weighted by Crippen LogP contribution is -2.03. The highest BCUT2D eigenvalue weighted by Crippen LogP contribution is 2.30. The molecule has 1 nitrogen and oxygen atoms in total. The molecule has 1 aromatic rings. The maximum Gasteiger partial charge on any atom is 0.119 e. The minimum atomic E-state index is 0.562. The molecule has 1 aromatic carbocycles. The van der Waals surface area contributed by atoms with E-state index in [0.717, 1.165) is 6.42 Å². The summed E-state index contributed by atoms with van der Waals surface area (Å²) in [5, 5.41) is 10.8. The summed E-state index contributed by atoms with van der Waals surface area (Å²) in [6.45, 7) is 6.87. The molecule has 1 rings (SSSR count). The molecule has 0 fully saturated rings. The molecule has 0 saturated heterocycles. The summed E-state index contributed by atoms with van der Waals surface area (Å²) in [4.78, 5) is 0. The number of unbranched alkanes of at least 4 members (excludes halogenated alkanes) is 18. The molecule has 0 aromatic heterocycles. The topological polar surface area (TPSA) is 20.2 Å². The molecule has 1 heteroatoms. The van der Waals surface area contributed by atoms with Crippen LogP contribution < -0.4 is 0 Å². The lowest BCUT2D eigenvalue weighted by atomic mass is 9.89. The van der Waals surface area contributed by atoms with Gasteiger partial charge in [-0.25, -0.2) is 0 Å². The van der Waals surface area contributed by atoms with Gasteiger partial charge in [0.2, 0.25) is 0 Å². The Bertz CT molecular complexity index is 576. The minimum absolute atomic E-state index is 0.562. The number of benzene rings is 1. The Kier molecular flexibility index (Phi) is 20.5. The van der Waals surface area contributed by atoms with Gasteiger partial charge in [0.25, 0.3) is 0 Å². The predicted molar refractivity (Wildman–Crippen MR) is 153 cm³/mol. The summed E-state index contributed by atoms with van der Waals surface area (Å²) in [5.74, 6) is 0.562. The Labute approximate surface area is 214 Å². The normalized spacial score (nSPS) is 11.4. The van der Waals surface area contributed by atoms with Crippen molar-refractivity contribution in [3.05, 3.63) is 28.8 Å². The average molecular weight is 473 g/mol. The molecule has 0 aliphatic carbocycles. The zero-order valence-electron chi connectivity index (χ0n) is 23.6. The van der Waals surface area contributed by atoms with Crippen molar-refractivity contribution in [3.8, 4) is 5.75 Å². The third-order valence-corrected chi connectivity index (χ3v) is 7.61. The minimum Gasteiger partial charge on any atom is -0.508 e. The van der Waals surface area contributed by atoms with Crippen molar-refractivity contribution in [2.45, 2.75) is 175 Å². The zero-order chi connectivity index (χ0) is 24.7. The number of rotatable bonds is 24. The Morgan fingerprint density at radius 2 is 0.765 bits per heavy atom. The molecule has 198 valence electrons. The average Bonchev–Trinajstić information content (AvgIpc) is 2.84. The zero-order valence-corrected chi connectivity index (χ0v) is 23.6. The maximum atomic E-state index is 10.8. The lowest BCUT2D eigenvalue weighted by Gasteiger charge is -2.17. The number of hydrogen-bond donors (Lipinski definition) is 1. The number of aromatic hydroxyl groups is 1. The van der Waals surface area contributed by atoms with Crippen molar-refractivity contribution in [1.29, 1.82) is 0 Å². The predicted octanol–water partition coefficient (Wildman–Crippen LogP) is 11.3. The van der Waals surface area contributed by atoms with E-state index in [9.17, 15) is 5.11 Å². The Morgan fingerprint density at radius 1 is 0.412 bits per heavy atom. The molecule has 0 saturated carbocycles. The van der Waals surface area contributed by atoms with Gasteiger partial charge in [-0.15, -0.1) is 0 Å². The van der Waals surface area contributed by atoms with Crippen LogP contribution in [0.15, 0.2) is 12.1 Å². The van der Waals surface area contributed by atoms with E-state index in [1.54, 1.807) is 0 Å². The van der Waals surface area contributed by atoms with Crippen molar-refractivity contribution in [2.24, 2.45) is 0 Å². The molecule has 0 unspecified atom stereocenters. The number of phenolic OH excluding ortho intramolecular Hbond substituents is 1. The molecule has 0 spiro atoms. The number of aryl methyl sites for hydroxylation is 1. The molecule has 0 aliphatic heterocycles. The van der Waals surface area contributed by atoms with Gasteiger partial charge in [-0.05, 0) is 61.3 Å². The number of hydrogen-bond acceptors (Lipinski definition) is 1. The van der Waals surface area contributed by atoms with Crippen LogP contribution in [0.4, 0.5) is 0 Å². The van der Waals surface area contributed by atoms with Crippen LogP contribution in [-0.2, 0) is 19.3 Å². The quantitative estimate of drug-likeness (QED) is 0.148. The van der Waals surface area contributed by atoms with Gasteiger partial charge in [-0.1, -0.05) is 142 Å². The summed E-state index contributed by atoms with van der Waals surface area (Å²) < 4.78 is 0. The Hall–Kier alpha value is -0.980. The summed E-state index contributed by atoms with van der Waals surface area (Å²) in [5.41, 5.74) is 4.35. The standard InChI is InChI=1S/C33H60O/c1-4-7-10-13-16-19-22-25-30-28-29-33(34)32(27-24-21-18-15-12-9-6-3)31(30)26-23-20-17-14-11-8-5-2/h28-29,34H,4-27H2,1-3H3. The van der Waals surface area contributed by atoms with Crippen LogP contribution in [0.25, 0.3) is 0 Å². The second kappa shape index (κ2) is 22.5. The highest BCUT2D eigenvalue weighted by atomic mass is 16.3. The van der Waals surface area contributed by atoms with Crippen molar-refractivity contribution in [3.63, 3.8) is 0 Å². The van der Waals surface area contributed by atoms with E-state index in [0.29, 0.717) is 5.75 Å². The van der Waals surface area contributed by atoms with Crippen LogP contribution in [-0.4, -0.2) is 5.11 Å². The Morgan fingerprint density at radius 3 is 1.21 bits per heavy atom. The SMILES string of the molecule is CCCCCCCCCc1ccc(O)c(CCCCCCCCC)c1CCCCCCCCC. The van der Waals surface area contributed by atoms with Crippen LogP contribution in [0.2, 0.25) is 0 Å². The van der Waals surface area contributed by atoms with Crippen LogP contribution >= 0.6 is 0 Å². The molecule has 0 heterocycles. The lowest BCUT2D eigenvalue weighted by molar-refractivity contribution is 0.463. The van der Waals surface area contributed by atoms with E-state index in [-0.39, 0.29) is 0 Å². The molecule has 0 radical (unpaired) electrons. The smallest absolute Gasteiger partial charge is 0.119 e. The van der Waals surface area contributed by atoms with Crippen molar-refractivity contribution >= 4 is 0 Å². The van der Waals surface area contributed by atoms with E-state index < -0.39 is 0 Å². The fourth-order valence-electron chi connectivity index (χ4n) is 5.34. The summed E-state index contributed by atoms with van der Waals surface area (Å²) in [7, 11) is 0. The van der Waals surface area contributed by atoms with E-state index >= 15 is 0 Å². The van der Waals surface area contributed by atoms with Crippen molar-refractivity contribution < 1.29 is 5.11 Å². The molecular formula is C33H60O. The third kappa shape index (κ3) is 15.1. The summed E-state index contributed by atoms with van der Waals surface area (Å²) >= 11 is 0. The first-order chi connectivity index (χ1) is 16.7.